The summed E-state index contributed by atoms with van der Waals surface area (Å²) in [7, 11) is 0. The molecule has 0 bridgehead atoms. The van der Waals surface area contributed by atoms with E-state index >= 15 is 0 Å². The number of nitro groups is 1. The SMILES string of the molecule is CCC(NCCCN1CCCC1)c1cccc([N+](=O)[O-])c1. The lowest BCUT2D eigenvalue weighted by molar-refractivity contribution is -0.384. The monoisotopic (exact) mass is 291 g/mol. The maximum Gasteiger partial charge on any atom is 0.269 e. The Morgan fingerprint density at radius 2 is 2.14 bits per heavy atom. The molecule has 1 saturated heterocycles. The molecule has 0 aliphatic carbocycles. The molecule has 1 aliphatic rings. The van der Waals surface area contributed by atoms with Crippen molar-refractivity contribution in [2.24, 2.45) is 0 Å². The number of nitrogens with zero attached hydrogens (tertiary/aromatic N) is 2. The maximum atomic E-state index is 10.9. The van der Waals surface area contributed by atoms with E-state index in [0.717, 1.165) is 31.5 Å². The molecule has 0 aromatic heterocycles. The molecule has 5 heteroatoms. The molecule has 21 heavy (non-hydrogen) atoms. The zero-order chi connectivity index (χ0) is 15.1. The van der Waals surface area contributed by atoms with Crippen molar-refractivity contribution in [2.75, 3.05) is 26.2 Å². The molecule has 1 aromatic rings. The second-order valence-electron chi connectivity index (χ2n) is 5.67. The van der Waals surface area contributed by atoms with E-state index in [4.69, 9.17) is 0 Å². The fourth-order valence-electron chi connectivity index (χ4n) is 2.94. The van der Waals surface area contributed by atoms with Crippen LogP contribution in [0.5, 0.6) is 0 Å². The van der Waals surface area contributed by atoms with Gasteiger partial charge in [0.2, 0.25) is 0 Å². The smallest absolute Gasteiger partial charge is 0.269 e. The quantitative estimate of drug-likeness (QED) is 0.454. The van der Waals surface area contributed by atoms with Gasteiger partial charge in [-0.3, -0.25) is 10.1 Å². The van der Waals surface area contributed by atoms with Crippen molar-refractivity contribution in [3.63, 3.8) is 0 Å². The third-order valence-corrected chi connectivity index (χ3v) is 4.13. The van der Waals surface area contributed by atoms with E-state index in [0.29, 0.717) is 0 Å². The molecule has 116 valence electrons. The average Bonchev–Trinajstić information content (AvgIpc) is 3.01. The van der Waals surface area contributed by atoms with E-state index in [1.165, 1.54) is 25.9 Å². The molecule has 1 N–H and O–H groups in total. The lowest BCUT2D eigenvalue weighted by Crippen LogP contribution is -2.27. The van der Waals surface area contributed by atoms with Crippen LogP contribution in [-0.4, -0.2) is 36.0 Å². The molecule has 0 spiro atoms. The minimum Gasteiger partial charge on any atom is -0.310 e. The summed E-state index contributed by atoms with van der Waals surface area (Å²) in [5, 5.41) is 14.4. The van der Waals surface area contributed by atoms with Gasteiger partial charge in [-0.15, -0.1) is 0 Å². The van der Waals surface area contributed by atoms with Crippen LogP contribution in [0.1, 0.15) is 44.2 Å². The molecule has 1 unspecified atom stereocenters. The molecular formula is C16H25N3O2. The first-order chi connectivity index (χ1) is 10.2. The Labute approximate surface area is 126 Å². The van der Waals surface area contributed by atoms with Crippen LogP contribution in [0.15, 0.2) is 24.3 Å². The molecule has 1 aromatic carbocycles. The van der Waals surface area contributed by atoms with Crippen LogP contribution < -0.4 is 5.32 Å². The fourth-order valence-corrected chi connectivity index (χ4v) is 2.94. The van der Waals surface area contributed by atoms with Crippen LogP contribution in [0.2, 0.25) is 0 Å². The molecule has 5 nitrogen and oxygen atoms in total. The van der Waals surface area contributed by atoms with Crippen LogP contribution in [0.3, 0.4) is 0 Å². The predicted molar refractivity (Wildman–Crippen MR) is 84.4 cm³/mol. The van der Waals surface area contributed by atoms with Gasteiger partial charge in [-0.1, -0.05) is 19.1 Å². The summed E-state index contributed by atoms with van der Waals surface area (Å²) in [5.74, 6) is 0. The highest BCUT2D eigenvalue weighted by atomic mass is 16.6. The van der Waals surface area contributed by atoms with Gasteiger partial charge in [0, 0.05) is 18.2 Å². The summed E-state index contributed by atoms with van der Waals surface area (Å²) in [4.78, 5) is 13.0. The van der Waals surface area contributed by atoms with Gasteiger partial charge in [-0.05, 0) is 57.4 Å². The second-order valence-corrected chi connectivity index (χ2v) is 5.67. The molecule has 0 radical (unpaired) electrons. The lowest BCUT2D eigenvalue weighted by Gasteiger charge is -2.19. The normalized spacial score (nSPS) is 17.0. The van der Waals surface area contributed by atoms with Gasteiger partial charge >= 0.3 is 0 Å². The van der Waals surface area contributed by atoms with E-state index in [2.05, 4.69) is 17.1 Å². The first kappa shape index (κ1) is 15.9. The highest BCUT2D eigenvalue weighted by molar-refractivity contribution is 5.35. The maximum absolute atomic E-state index is 10.9. The Bertz CT molecular complexity index is 459. The topological polar surface area (TPSA) is 58.4 Å². The van der Waals surface area contributed by atoms with Crippen LogP contribution in [-0.2, 0) is 0 Å². The largest absolute Gasteiger partial charge is 0.310 e. The van der Waals surface area contributed by atoms with Gasteiger partial charge in [-0.25, -0.2) is 0 Å². The zero-order valence-electron chi connectivity index (χ0n) is 12.8. The number of benzene rings is 1. The summed E-state index contributed by atoms with van der Waals surface area (Å²) in [6.07, 6.45) is 4.73. The minimum atomic E-state index is -0.330. The van der Waals surface area contributed by atoms with Gasteiger partial charge in [0.25, 0.3) is 5.69 Å². The van der Waals surface area contributed by atoms with Gasteiger partial charge in [-0.2, -0.15) is 0 Å². The van der Waals surface area contributed by atoms with Gasteiger partial charge in [0.15, 0.2) is 0 Å². The molecule has 1 fully saturated rings. The van der Waals surface area contributed by atoms with Gasteiger partial charge in [0.05, 0.1) is 4.92 Å². The zero-order valence-corrected chi connectivity index (χ0v) is 12.8. The Balaban J connectivity index is 1.81. The van der Waals surface area contributed by atoms with Gasteiger partial charge in [0.1, 0.15) is 0 Å². The molecule has 1 heterocycles. The number of non-ortho nitro benzene ring substituents is 1. The number of nitro benzene ring substituents is 1. The number of nitrogens with one attached hydrogen (secondary N) is 1. The van der Waals surface area contributed by atoms with E-state index in [1.807, 2.05) is 6.07 Å². The first-order valence-corrected chi connectivity index (χ1v) is 7.91. The predicted octanol–water partition coefficient (Wildman–Crippen LogP) is 3.12. The third-order valence-electron chi connectivity index (χ3n) is 4.13. The van der Waals surface area contributed by atoms with Crippen LogP contribution in [0.4, 0.5) is 5.69 Å². The highest BCUT2D eigenvalue weighted by Gasteiger charge is 2.14. The molecule has 2 rings (SSSR count). The number of hydrogen-bond donors (Lipinski definition) is 1. The molecule has 1 aliphatic heterocycles. The minimum absolute atomic E-state index is 0.171. The van der Waals surface area contributed by atoms with E-state index in [9.17, 15) is 10.1 Å². The van der Waals surface area contributed by atoms with Crippen molar-refractivity contribution in [3.05, 3.63) is 39.9 Å². The summed E-state index contributed by atoms with van der Waals surface area (Å²) in [6, 6.07) is 7.16. The van der Waals surface area contributed by atoms with Crippen molar-refractivity contribution in [1.82, 2.24) is 10.2 Å². The van der Waals surface area contributed by atoms with Crippen molar-refractivity contribution >= 4 is 5.69 Å². The molecule has 0 amide bonds. The Morgan fingerprint density at radius 1 is 1.38 bits per heavy atom. The van der Waals surface area contributed by atoms with E-state index in [-0.39, 0.29) is 16.7 Å². The van der Waals surface area contributed by atoms with Gasteiger partial charge < -0.3 is 10.2 Å². The lowest BCUT2D eigenvalue weighted by atomic mass is 10.0. The highest BCUT2D eigenvalue weighted by Crippen LogP contribution is 2.21. The fraction of sp³-hybridized carbons (Fsp3) is 0.625. The standard InChI is InChI=1S/C16H25N3O2/c1-2-16(14-7-5-8-15(13-14)19(20)21)17-9-6-12-18-10-3-4-11-18/h5,7-8,13,16-17H,2-4,6,9-12H2,1H3. The second kappa shape index (κ2) is 8.10. The summed E-state index contributed by atoms with van der Waals surface area (Å²) >= 11 is 0. The van der Waals surface area contributed by atoms with Crippen molar-refractivity contribution in [3.8, 4) is 0 Å². The summed E-state index contributed by atoms with van der Waals surface area (Å²) in [6.45, 7) is 6.69. The Morgan fingerprint density at radius 3 is 2.81 bits per heavy atom. The van der Waals surface area contributed by atoms with Crippen LogP contribution >= 0.6 is 0 Å². The van der Waals surface area contributed by atoms with Crippen molar-refractivity contribution < 1.29 is 4.92 Å². The van der Waals surface area contributed by atoms with E-state index < -0.39 is 0 Å². The van der Waals surface area contributed by atoms with Crippen molar-refractivity contribution in [1.29, 1.82) is 0 Å². The molecule has 0 saturated carbocycles. The third kappa shape index (κ3) is 4.79. The summed E-state index contributed by atoms with van der Waals surface area (Å²) < 4.78 is 0. The number of likely N-dealkylation sites (tertiary alicyclic amines) is 1. The Hall–Kier alpha value is -1.46. The van der Waals surface area contributed by atoms with Crippen molar-refractivity contribution in [2.45, 2.75) is 38.6 Å². The molecular weight excluding hydrogens is 266 g/mol. The number of hydrogen-bond acceptors (Lipinski definition) is 4. The molecule has 1 atom stereocenters. The Kier molecular flexibility index (Phi) is 6.14. The van der Waals surface area contributed by atoms with Crippen LogP contribution in [0, 0.1) is 10.1 Å². The number of rotatable bonds is 8. The van der Waals surface area contributed by atoms with Crippen LogP contribution in [0.25, 0.3) is 0 Å². The van der Waals surface area contributed by atoms with E-state index in [1.54, 1.807) is 18.2 Å². The first-order valence-electron chi connectivity index (χ1n) is 7.91. The summed E-state index contributed by atoms with van der Waals surface area (Å²) in [5.41, 5.74) is 1.18. The average molecular weight is 291 g/mol.